The Morgan fingerprint density at radius 3 is 2.86 bits per heavy atom. The summed E-state index contributed by atoms with van der Waals surface area (Å²) >= 11 is 0. The molecule has 1 saturated heterocycles. The van der Waals surface area contributed by atoms with Gasteiger partial charge in [0.15, 0.2) is 5.96 Å². The van der Waals surface area contributed by atoms with Gasteiger partial charge in [-0.2, -0.15) is 0 Å². The molecule has 0 aromatic carbocycles. The number of nitrogens with zero attached hydrogens (tertiary/aromatic N) is 2. The predicted molar refractivity (Wildman–Crippen MR) is 91.3 cm³/mol. The third-order valence-electron chi connectivity index (χ3n) is 4.22. The molecule has 5 nitrogen and oxygen atoms in total. The zero-order valence-corrected chi connectivity index (χ0v) is 14.0. The number of hydrogen-bond donors (Lipinski definition) is 2. The Morgan fingerprint density at radius 2 is 2.23 bits per heavy atom. The molecule has 1 aromatic rings. The van der Waals surface area contributed by atoms with Crippen LogP contribution in [0.1, 0.15) is 38.4 Å². The fourth-order valence-corrected chi connectivity index (χ4v) is 2.83. The fraction of sp³-hybridized carbons (Fsp3) is 0.706. The van der Waals surface area contributed by atoms with Gasteiger partial charge in [0.05, 0.1) is 6.26 Å². The predicted octanol–water partition coefficient (Wildman–Crippen LogP) is 2.25. The van der Waals surface area contributed by atoms with Gasteiger partial charge in [-0.05, 0) is 37.9 Å². The Labute approximate surface area is 134 Å². The molecular formula is C17H30N4O. The van der Waals surface area contributed by atoms with Crippen LogP contribution in [0.4, 0.5) is 0 Å². The SMILES string of the molecule is CCCCN1CCC(NC(=NC)NCCc2ccco2)CC1. The maximum atomic E-state index is 5.34. The lowest BCUT2D eigenvalue weighted by atomic mass is 10.0. The van der Waals surface area contributed by atoms with Crippen LogP contribution in [-0.2, 0) is 6.42 Å². The number of piperidine rings is 1. The van der Waals surface area contributed by atoms with Crippen LogP contribution < -0.4 is 10.6 Å². The van der Waals surface area contributed by atoms with Gasteiger partial charge in [-0.15, -0.1) is 0 Å². The maximum Gasteiger partial charge on any atom is 0.191 e. The molecule has 5 heteroatoms. The first-order valence-corrected chi connectivity index (χ1v) is 8.53. The molecule has 2 rings (SSSR count). The molecule has 0 amide bonds. The van der Waals surface area contributed by atoms with Crippen molar-refractivity contribution in [2.24, 2.45) is 4.99 Å². The molecule has 0 atom stereocenters. The summed E-state index contributed by atoms with van der Waals surface area (Å²) in [6, 6.07) is 4.46. The maximum absolute atomic E-state index is 5.34. The molecule has 22 heavy (non-hydrogen) atoms. The van der Waals surface area contributed by atoms with Crippen molar-refractivity contribution < 1.29 is 4.42 Å². The van der Waals surface area contributed by atoms with Crippen molar-refractivity contribution in [2.75, 3.05) is 33.2 Å². The standard InChI is InChI=1S/C17H30N4O/c1-3-4-11-21-12-8-15(9-13-21)20-17(18-2)19-10-7-16-6-5-14-22-16/h5-6,14-15H,3-4,7-13H2,1-2H3,(H2,18,19,20). The first-order chi connectivity index (χ1) is 10.8. The van der Waals surface area contributed by atoms with E-state index in [0.717, 1.165) is 24.7 Å². The van der Waals surface area contributed by atoms with Crippen LogP contribution in [0.5, 0.6) is 0 Å². The van der Waals surface area contributed by atoms with Crippen LogP contribution in [0.25, 0.3) is 0 Å². The quantitative estimate of drug-likeness (QED) is 0.599. The van der Waals surface area contributed by atoms with Crippen molar-refractivity contribution >= 4 is 5.96 Å². The molecule has 1 aromatic heterocycles. The van der Waals surface area contributed by atoms with E-state index in [9.17, 15) is 0 Å². The average Bonchev–Trinajstić information content (AvgIpc) is 3.06. The van der Waals surface area contributed by atoms with E-state index in [1.165, 1.54) is 45.3 Å². The second-order valence-corrected chi connectivity index (χ2v) is 5.94. The summed E-state index contributed by atoms with van der Waals surface area (Å²) in [6.07, 6.45) is 7.58. The van der Waals surface area contributed by atoms with Gasteiger partial charge < -0.3 is 20.0 Å². The first kappa shape index (κ1) is 16.9. The number of hydrogen-bond acceptors (Lipinski definition) is 3. The zero-order chi connectivity index (χ0) is 15.6. The number of nitrogens with one attached hydrogen (secondary N) is 2. The molecule has 0 unspecified atom stereocenters. The summed E-state index contributed by atoms with van der Waals surface area (Å²) in [5, 5.41) is 6.91. The lowest BCUT2D eigenvalue weighted by molar-refractivity contribution is 0.203. The fourth-order valence-electron chi connectivity index (χ4n) is 2.83. The molecule has 0 spiro atoms. The zero-order valence-electron chi connectivity index (χ0n) is 14.0. The average molecular weight is 306 g/mol. The summed E-state index contributed by atoms with van der Waals surface area (Å²) in [6.45, 7) is 6.73. The van der Waals surface area contributed by atoms with E-state index in [1.807, 2.05) is 19.2 Å². The van der Waals surface area contributed by atoms with Crippen LogP contribution in [0, 0.1) is 0 Å². The molecular weight excluding hydrogens is 276 g/mol. The number of likely N-dealkylation sites (tertiary alicyclic amines) is 1. The summed E-state index contributed by atoms with van der Waals surface area (Å²) in [7, 11) is 1.83. The second-order valence-electron chi connectivity index (χ2n) is 5.94. The number of guanidine groups is 1. The van der Waals surface area contributed by atoms with Crippen molar-refractivity contribution in [3.63, 3.8) is 0 Å². The smallest absolute Gasteiger partial charge is 0.191 e. The highest BCUT2D eigenvalue weighted by atomic mass is 16.3. The monoisotopic (exact) mass is 306 g/mol. The van der Waals surface area contributed by atoms with E-state index < -0.39 is 0 Å². The molecule has 1 fully saturated rings. The second kappa shape index (κ2) is 9.51. The number of aliphatic imine (C=N–C) groups is 1. The minimum atomic E-state index is 0.535. The molecule has 1 aliphatic heterocycles. The van der Waals surface area contributed by atoms with E-state index in [-0.39, 0.29) is 0 Å². The largest absolute Gasteiger partial charge is 0.469 e. The normalized spacial score (nSPS) is 17.6. The van der Waals surface area contributed by atoms with Gasteiger partial charge in [0, 0.05) is 39.1 Å². The lowest BCUT2D eigenvalue weighted by Gasteiger charge is -2.33. The highest BCUT2D eigenvalue weighted by molar-refractivity contribution is 5.79. The van der Waals surface area contributed by atoms with Gasteiger partial charge in [-0.25, -0.2) is 0 Å². The van der Waals surface area contributed by atoms with Crippen molar-refractivity contribution in [1.29, 1.82) is 0 Å². The van der Waals surface area contributed by atoms with E-state index in [4.69, 9.17) is 4.42 Å². The van der Waals surface area contributed by atoms with E-state index >= 15 is 0 Å². The van der Waals surface area contributed by atoms with Crippen LogP contribution in [0.3, 0.4) is 0 Å². The van der Waals surface area contributed by atoms with Crippen molar-refractivity contribution in [1.82, 2.24) is 15.5 Å². The van der Waals surface area contributed by atoms with Gasteiger partial charge in [0.25, 0.3) is 0 Å². The molecule has 0 radical (unpaired) electrons. The van der Waals surface area contributed by atoms with Gasteiger partial charge in [-0.3, -0.25) is 4.99 Å². The van der Waals surface area contributed by atoms with Crippen LogP contribution in [-0.4, -0.2) is 50.1 Å². The number of rotatable bonds is 7. The summed E-state index contributed by atoms with van der Waals surface area (Å²) in [5.41, 5.74) is 0. The van der Waals surface area contributed by atoms with Crippen molar-refractivity contribution in [3.8, 4) is 0 Å². The van der Waals surface area contributed by atoms with Crippen LogP contribution >= 0.6 is 0 Å². The Balaban J connectivity index is 1.64. The van der Waals surface area contributed by atoms with Crippen molar-refractivity contribution in [3.05, 3.63) is 24.2 Å². The summed E-state index contributed by atoms with van der Waals surface area (Å²) in [5.74, 6) is 1.91. The van der Waals surface area contributed by atoms with Crippen LogP contribution in [0.2, 0.25) is 0 Å². The minimum absolute atomic E-state index is 0.535. The molecule has 0 saturated carbocycles. The Morgan fingerprint density at radius 1 is 1.41 bits per heavy atom. The van der Waals surface area contributed by atoms with E-state index in [1.54, 1.807) is 6.26 Å². The van der Waals surface area contributed by atoms with Gasteiger partial charge in [0.2, 0.25) is 0 Å². The first-order valence-electron chi connectivity index (χ1n) is 8.53. The molecule has 1 aliphatic rings. The third kappa shape index (κ3) is 5.72. The van der Waals surface area contributed by atoms with Gasteiger partial charge >= 0.3 is 0 Å². The molecule has 124 valence electrons. The minimum Gasteiger partial charge on any atom is -0.469 e. The molecule has 2 N–H and O–H groups in total. The molecule has 0 aliphatic carbocycles. The van der Waals surface area contributed by atoms with Crippen LogP contribution in [0.15, 0.2) is 27.8 Å². The summed E-state index contributed by atoms with van der Waals surface area (Å²) in [4.78, 5) is 6.90. The Hall–Kier alpha value is -1.49. The highest BCUT2D eigenvalue weighted by Gasteiger charge is 2.19. The van der Waals surface area contributed by atoms with Gasteiger partial charge in [0.1, 0.15) is 5.76 Å². The lowest BCUT2D eigenvalue weighted by Crippen LogP contribution is -2.49. The van der Waals surface area contributed by atoms with E-state index in [0.29, 0.717) is 6.04 Å². The highest BCUT2D eigenvalue weighted by Crippen LogP contribution is 2.11. The number of unbranched alkanes of at least 4 members (excludes halogenated alkanes) is 1. The molecule has 0 bridgehead atoms. The summed E-state index contributed by atoms with van der Waals surface area (Å²) < 4.78 is 5.34. The molecule has 2 heterocycles. The topological polar surface area (TPSA) is 52.8 Å². The third-order valence-corrected chi connectivity index (χ3v) is 4.22. The van der Waals surface area contributed by atoms with Crippen molar-refractivity contribution in [2.45, 2.75) is 45.1 Å². The Bertz CT molecular complexity index is 422. The van der Waals surface area contributed by atoms with E-state index in [2.05, 4.69) is 27.4 Å². The number of furan rings is 1. The Kier molecular flexibility index (Phi) is 7.30. The van der Waals surface area contributed by atoms with Gasteiger partial charge in [-0.1, -0.05) is 13.3 Å².